The summed E-state index contributed by atoms with van der Waals surface area (Å²) in [6.07, 6.45) is -0.394. The van der Waals surface area contributed by atoms with E-state index >= 15 is 0 Å². The van der Waals surface area contributed by atoms with Crippen LogP contribution >= 0.6 is 0 Å². The van der Waals surface area contributed by atoms with Crippen LogP contribution in [0.4, 0.5) is 0 Å². The van der Waals surface area contributed by atoms with Crippen molar-refractivity contribution in [2.24, 2.45) is 17.6 Å². The third kappa shape index (κ3) is 11.7. The van der Waals surface area contributed by atoms with Gasteiger partial charge in [0.2, 0.25) is 17.7 Å². The van der Waals surface area contributed by atoms with Crippen molar-refractivity contribution in [3.8, 4) is 5.75 Å². The molecule has 0 aliphatic rings. The number of nitrogens with one attached hydrogen (secondary N) is 3. The van der Waals surface area contributed by atoms with Crippen LogP contribution in [-0.2, 0) is 30.4 Å². The van der Waals surface area contributed by atoms with Crippen LogP contribution in [0.1, 0.15) is 52.5 Å². The summed E-state index contributed by atoms with van der Waals surface area (Å²) in [6.45, 7) is 7.29. The number of carbonyl (C=O) groups is 5. The van der Waals surface area contributed by atoms with Gasteiger partial charge in [-0.25, -0.2) is 4.79 Å². The van der Waals surface area contributed by atoms with E-state index in [1.165, 1.54) is 12.1 Å². The highest BCUT2D eigenvalue weighted by molar-refractivity contribution is 5.95. The molecule has 0 heterocycles. The average Bonchev–Trinajstić information content (AvgIpc) is 2.77. The van der Waals surface area contributed by atoms with Crippen LogP contribution in [0.15, 0.2) is 24.3 Å². The van der Waals surface area contributed by atoms with Gasteiger partial charge in [-0.05, 0) is 42.4 Å². The summed E-state index contributed by atoms with van der Waals surface area (Å²) in [5.41, 5.74) is 6.51. The van der Waals surface area contributed by atoms with Crippen molar-refractivity contribution < 1.29 is 39.3 Å². The summed E-state index contributed by atoms with van der Waals surface area (Å²) in [4.78, 5) is 61.6. The van der Waals surface area contributed by atoms with E-state index in [1.54, 1.807) is 26.0 Å². The maximum Gasteiger partial charge on any atom is 0.326 e. The van der Waals surface area contributed by atoms with Crippen molar-refractivity contribution in [3.63, 3.8) is 0 Å². The van der Waals surface area contributed by atoms with Gasteiger partial charge in [-0.1, -0.05) is 39.8 Å². The summed E-state index contributed by atoms with van der Waals surface area (Å²) >= 11 is 0. The summed E-state index contributed by atoms with van der Waals surface area (Å²) in [6, 6.07) is 0.882. The summed E-state index contributed by atoms with van der Waals surface area (Å²) in [5.74, 6) is -5.08. The Labute approximate surface area is 216 Å². The second kappa shape index (κ2) is 14.8. The maximum absolute atomic E-state index is 13.2. The molecule has 0 fully saturated rings. The van der Waals surface area contributed by atoms with E-state index in [2.05, 4.69) is 16.0 Å². The number of phenolic OH excluding ortho intramolecular Hbond substituents is 1. The van der Waals surface area contributed by atoms with E-state index in [1.807, 2.05) is 13.8 Å². The zero-order valence-electron chi connectivity index (χ0n) is 21.6. The van der Waals surface area contributed by atoms with Gasteiger partial charge in [-0.2, -0.15) is 0 Å². The number of aliphatic carboxylic acids is 2. The number of benzene rings is 1. The molecule has 4 atom stereocenters. The Balaban J connectivity index is 3.15. The zero-order chi connectivity index (χ0) is 28.3. The second-order valence-corrected chi connectivity index (χ2v) is 9.86. The van der Waals surface area contributed by atoms with Crippen molar-refractivity contribution in [2.75, 3.05) is 0 Å². The van der Waals surface area contributed by atoms with Crippen LogP contribution in [0.25, 0.3) is 0 Å². The predicted molar refractivity (Wildman–Crippen MR) is 134 cm³/mol. The largest absolute Gasteiger partial charge is 0.508 e. The van der Waals surface area contributed by atoms with Crippen molar-refractivity contribution in [1.29, 1.82) is 0 Å². The maximum atomic E-state index is 13.2. The molecule has 0 radical (unpaired) electrons. The van der Waals surface area contributed by atoms with E-state index < -0.39 is 60.2 Å². The first kappa shape index (κ1) is 31.4. The number of amides is 3. The molecular formula is C25H38N4O8. The molecule has 12 nitrogen and oxygen atoms in total. The Kier molecular flexibility index (Phi) is 12.5. The number of carboxylic acid groups (broad SMARTS) is 2. The van der Waals surface area contributed by atoms with Gasteiger partial charge in [0.15, 0.2) is 0 Å². The highest BCUT2D eigenvalue weighted by Crippen LogP contribution is 2.13. The quantitative estimate of drug-likeness (QED) is 0.169. The Morgan fingerprint density at radius 3 is 1.73 bits per heavy atom. The molecular weight excluding hydrogens is 484 g/mol. The highest BCUT2D eigenvalue weighted by atomic mass is 16.4. The van der Waals surface area contributed by atoms with E-state index in [9.17, 15) is 39.3 Å². The van der Waals surface area contributed by atoms with E-state index in [4.69, 9.17) is 5.73 Å². The van der Waals surface area contributed by atoms with Gasteiger partial charge in [0.1, 0.15) is 23.9 Å². The third-order valence-corrected chi connectivity index (χ3v) is 5.40. The van der Waals surface area contributed by atoms with Crippen molar-refractivity contribution in [3.05, 3.63) is 29.8 Å². The van der Waals surface area contributed by atoms with Gasteiger partial charge in [-0.15, -0.1) is 0 Å². The number of rotatable bonds is 15. The van der Waals surface area contributed by atoms with Gasteiger partial charge in [0.25, 0.3) is 0 Å². The van der Waals surface area contributed by atoms with Gasteiger partial charge in [0.05, 0.1) is 12.5 Å². The van der Waals surface area contributed by atoms with E-state index in [0.29, 0.717) is 12.0 Å². The minimum atomic E-state index is -1.59. The summed E-state index contributed by atoms with van der Waals surface area (Å²) < 4.78 is 0. The van der Waals surface area contributed by atoms with Gasteiger partial charge < -0.3 is 37.0 Å². The Hall–Kier alpha value is -3.67. The summed E-state index contributed by atoms with van der Waals surface area (Å²) in [5, 5.41) is 35.4. The number of carboxylic acids is 2. The molecule has 37 heavy (non-hydrogen) atoms. The number of hydrogen-bond acceptors (Lipinski definition) is 7. The Bertz CT molecular complexity index is 949. The molecule has 0 bridgehead atoms. The smallest absolute Gasteiger partial charge is 0.326 e. The lowest BCUT2D eigenvalue weighted by atomic mass is 10.0. The average molecular weight is 523 g/mol. The molecule has 1 aromatic rings. The van der Waals surface area contributed by atoms with Crippen LogP contribution in [0.2, 0.25) is 0 Å². The monoisotopic (exact) mass is 522 g/mol. The van der Waals surface area contributed by atoms with Crippen LogP contribution in [-0.4, -0.2) is 69.1 Å². The summed E-state index contributed by atoms with van der Waals surface area (Å²) in [7, 11) is 0. The van der Waals surface area contributed by atoms with Gasteiger partial charge in [0, 0.05) is 6.42 Å². The lowest BCUT2D eigenvalue weighted by molar-refractivity contribution is -0.144. The van der Waals surface area contributed by atoms with Crippen molar-refractivity contribution in [2.45, 2.75) is 77.5 Å². The topological polar surface area (TPSA) is 208 Å². The molecule has 0 spiro atoms. The Morgan fingerprint density at radius 1 is 0.757 bits per heavy atom. The number of carbonyl (C=O) groups excluding carboxylic acids is 3. The lowest BCUT2D eigenvalue weighted by Crippen LogP contribution is -2.58. The van der Waals surface area contributed by atoms with Crippen molar-refractivity contribution in [1.82, 2.24) is 16.0 Å². The first-order valence-electron chi connectivity index (χ1n) is 12.1. The molecule has 1 rings (SSSR count). The molecule has 0 saturated carbocycles. The van der Waals surface area contributed by atoms with Crippen molar-refractivity contribution >= 4 is 29.7 Å². The molecule has 0 aliphatic carbocycles. The van der Waals surface area contributed by atoms with E-state index in [-0.39, 0.29) is 30.4 Å². The fourth-order valence-electron chi connectivity index (χ4n) is 3.59. The van der Waals surface area contributed by atoms with E-state index in [0.717, 1.165) is 0 Å². The number of aromatic hydroxyl groups is 1. The highest BCUT2D eigenvalue weighted by Gasteiger charge is 2.32. The minimum absolute atomic E-state index is 0.000295. The number of hydrogen-bond donors (Lipinski definition) is 7. The molecule has 1 aromatic carbocycles. The molecule has 8 N–H and O–H groups in total. The van der Waals surface area contributed by atoms with Crippen LogP contribution < -0.4 is 21.7 Å². The standard InChI is InChI=1S/C25H38N4O8/c1-13(2)9-17(26)22(33)27-18(11-15-5-7-16(30)8-6-15)23(34)28-19(12-21(31)32)24(35)29-20(25(36)37)10-14(3)4/h5-8,13-14,17-20,30H,9-12,26H2,1-4H3,(H,27,33)(H,28,34)(H,29,35)(H,31,32)(H,36,37). The van der Waals surface area contributed by atoms with Crippen LogP contribution in [0, 0.1) is 11.8 Å². The van der Waals surface area contributed by atoms with Gasteiger partial charge in [-0.3, -0.25) is 19.2 Å². The predicted octanol–water partition coefficient (Wildman–Crippen LogP) is 0.368. The van der Waals surface area contributed by atoms with Gasteiger partial charge >= 0.3 is 11.9 Å². The van der Waals surface area contributed by atoms with Crippen LogP contribution in [0.3, 0.4) is 0 Å². The molecule has 3 amide bonds. The SMILES string of the molecule is CC(C)CC(N)C(=O)NC(Cc1ccc(O)cc1)C(=O)NC(CC(=O)O)C(=O)NC(CC(C)C)C(=O)O. The first-order chi connectivity index (χ1) is 17.2. The Morgan fingerprint density at radius 2 is 1.24 bits per heavy atom. The lowest BCUT2D eigenvalue weighted by Gasteiger charge is -2.25. The molecule has 4 unspecified atom stereocenters. The number of phenols is 1. The molecule has 0 aromatic heterocycles. The molecule has 0 saturated heterocycles. The third-order valence-electron chi connectivity index (χ3n) is 5.40. The zero-order valence-corrected chi connectivity index (χ0v) is 21.6. The fourth-order valence-corrected chi connectivity index (χ4v) is 3.59. The molecule has 12 heteroatoms. The number of nitrogens with two attached hydrogens (primary N) is 1. The fraction of sp³-hybridized carbons (Fsp3) is 0.560. The first-order valence-corrected chi connectivity index (χ1v) is 12.1. The molecule has 0 aliphatic heterocycles. The second-order valence-electron chi connectivity index (χ2n) is 9.86. The van der Waals surface area contributed by atoms with Crippen LogP contribution in [0.5, 0.6) is 5.75 Å². The molecule has 206 valence electrons. The normalized spacial score (nSPS) is 14.4. The minimum Gasteiger partial charge on any atom is -0.508 e.